The average Bonchev–Trinajstić information content (AvgIpc) is 3.56. The number of benzene rings is 4. The minimum Gasteiger partial charge on any atom is -0.352 e. The maximum absolute atomic E-state index is 14.8. The van der Waals surface area contributed by atoms with Gasteiger partial charge in [-0.3, -0.25) is 13.9 Å². The molecule has 0 aliphatic heterocycles. The quantitative estimate of drug-likeness (QED) is 0.160. The van der Waals surface area contributed by atoms with E-state index in [0.717, 1.165) is 41.1 Å². The smallest absolute Gasteiger partial charge is 0.264 e. The predicted octanol–water partition coefficient (Wildman–Crippen LogP) is 8.16. The first-order chi connectivity index (χ1) is 22.9. The zero-order valence-corrected chi connectivity index (χ0v) is 29.9. The topological polar surface area (TPSA) is 86.8 Å². The van der Waals surface area contributed by atoms with Crippen molar-refractivity contribution in [3.8, 4) is 0 Å². The van der Waals surface area contributed by atoms with Crippen LogP contribution in [0.2, 0.25) is 15.1 Å². The van der Waals surface area contributed by atoms with E-state index in [1.165, 1.54) is 17.0 Å². The second-order valence-corrected chi connectivity index (χ2v) is 15.3. The lowest BCUT2D eigenvalue weighted by Gasteiger charge is -2.35. The van der Waals surface area contributed by atoms with Crippen LogP contribution in [0.1, 0.15) is 47.9 Å². The molecule has 1 aliphatic carbocycles. The van der Waals surface area contributed by atoms with Crippen molar-refractivity contribution in [3.63, 3.8) is 0 Å². The molecule has 0 heterocycles. The van der Waals surface area contributed by atoms with Crippen LogP contribution in [-0.2, 0) is 32.6 Å². The molecule has 1 aliphatic rings. The molecule has 7 nitrogen and oxygen atoms in total. The molecule has 11 heteroatoms. The van der Waals surface area contributed by atoms with E-state index in [2.05, 4.69) is 5.32 Å². The second-order valence-electron chi connectivity index (χ2n) is 12.2. The molecule has 1 saturated carbocycles. The van der Waals surface area contributed by atoms with Crippen molar-refractivity contribution in [1.82, 2.24) is 10.2 Å². The third-order valence-electron chi connectivity index (χ3n) is 8.68. The van der Waals surface area contributed by atoms with Gasteiger partial charge in [0, 0.05) is 39.6 Å². The molecular weight excluding hydrogens is 689 g/mol. The van der Waals surface area contributed by atoms with Crippen molar-refractivity contribution in [2.24, 2.45) is 0 Å². The van der Waals surface area contributed by atoms with Gasteiger partial charge in [0.25, 0.3) is 10.0 Å². The van der Waals surface area contributed by atoms with Crippen molar-refractivity contribution in [2.45, 2.75) is 69.5 Å². The second kappa shape index (κ2) is 15.8. The zero-order chi connectivity index (χ0) is 34.4. The van der Waals surface area contributed by atoms with E-state index in [9.17, 15) is 18.0 Å². The number of carbonyl (C=O) groups excluding carboxylic acids is 2. The van der Waals surface area contributed by atoms with Gasteiger partial charge in [-0.1, -0.05) is 102 Å². The Morgan fingerprint density at radius 1 is 0.854 bits per heavy atom. The Balaban J connectivity index is 1.61. The molecule has 1 N–H and O–H groups in total. The van der Waals surface area contributed by atoms with Crippen molar-refractivity contribution in [3.05, 3.63) is 128 Å². The maximum Gasteiger partial charge on any atom is 0.264 e. The van der Waals surface area contributed by atoms with Gasteiger partial charge in [-0.2, -0.15) is 0 Å². The SMILES string of the molecule is Cc1ccc(S(=O)(=O)N(CC(=O)N(Cc2c(Cl)cccc2Cl)[C@@H](Cc2ccccc2)C(=O)NC2CCCC2)c2ccc(Cl)cc2C)cc1. The summed E-state index contributed by atoms with van der Waals surface area (Å²) >= 11 is 19.5. The molecule has 4 aromatic rings. The van der Waals surface area contributed by atoms with E-state index in [-0.39, 0.29) is 29.8 Å². The maximum atomic E-state index is 14.8. The predicted molar refractivity (Wildman–Crippen MR) is 193 cm³/mol. The number of nitrogens with one attached hydrogen (secondary N) is 1. The molecule has 0 radical (unpaired) electrons. The first-order valence-corrected chi connectivity index (χ1v) is 18.4. The van der Waals surface area contributed by atoms with E-state index < -0.39 is 28.5 Å². The first kappa shape index (κ1) is 35.7. The van der Waals surface area contributed by atoms with Gasteiger partial charge >= 0.3 is 0 Å². The minimum atomic E-state index is -4.26. The van der Waals surface area contributed by atoms with Crippen LogP contribution in [0.25, 0.3) is 0 Å². The summed E-state index contributed by atoms with van der Waals surface area (Å²) in [5, 5.41) is 4.25. The Morgan fingerprint density at radius 2 is 1.50 bits per heavy atom. The summed E-state index contributed by atoms with van der Waals surface area (Å²) in [6, 6.07) is 24.7. The third kappa shape index (κ3) is 8.53. The molecule has 0 aromatic heterocycles. The highest BCUT2D eigenvalue weighted by molar-refractivity contribution is 7.92. The fourth-order valence-corrected chi connectivity index (χ4v) is 8.25. The number of amides is 2. The Bertz CT molecular complexity index is 1840. The van der Waals surface area contributed by atoms with Crippen molar-refractivity contribution in [2.75, 3.05) is 10.8 Å². The van der Waals surface area contributed by atoms with Crippen LogP contribution in [-0.4, -0.2) is 43.8 Å². The molecule has 1 atom stereocenters. The van der Waals surface area contributed by atoms with Gasteiger partial charge in [-0.25, -0.2) is 8.42 Å². The lowest BCUT2D eigenvalue weighted by Crippen LogP contribution is -2.54. The van der Waals surface area contributed by atoms with Gasteiger partial charge in [-0.05, 0) is 80.3 Å². The first-order valence-electron chi connectivity index (χ1n) is 15.9. The monoisotopic (exact) mass is 725 g/mol. The average molecular weight is 727 g/mol. The summed E-state index contributed by atoms with van der Waals surface area (Å²) in [5.74, 6) is -0.920. The summed E-state index contributed by atoms with van der Waals surface area (Å²) in [4.78, 5) is 30.4. The van der Waals surface area contributed by atoms with Crippen LogP contribution < -0.4 is 9.62 Å². The lowest BCUT2D eigenvalue weighted by molar-refractivity contribution is -0.140. The number of rotatable bonds is 12. The van der Waals surface area contributed by atoms with Crippen LogP contribution >= 0.6 is 34.8 Å². The molecular formula is C37H38Cl3N3O4S. The van der Waals surface area contributed by atoms with Crippen molar-refractivity contribution in [1.29, 1.82) is 0 Å². The summed E-state index contributed by atoms with van der Waals surface area (Å²) in [7, 11) is -4.26. The highest BCUT2D eigenvalue weighted by Crippen LogP contribution is 2.31. The molecule has 0 unspecified atom stereocenters. The molecule has 48 heavy (non-hydrogen) atoms. The fraction of sp³-hybridized carbons (Fsp3) is 0.297. The molecule has 0 saturated heterocycles. The van der Waals surface area contributed by atoms with E-state index in [1.807, 2.05) is 37.3 Å². The minimum absolute atomic E-state index is 0.00763. The number of carbonyl (C=O) groups is 2. The normalized spacial score (nSPS) is 14.0. The zero-order valence-electron chi connectivity index (χ0n) is 26.8. The molecule has 252 valence electrons. The van der Waals surface area contributed by atoms with Crippen molar-refractivity contribution < 1.29 is 18.0 Å². The van der Waals surface area contributed by atoms with E-state index in [4.69, 9.17) is 34.8 Å². The summed E-state index contributed by atoms with van der Waals surface area (Å²) in [6.07, 6.45) is 3.92. The largest absolute Gasteiger partial charge is 0.352 e. The van der Waals surface area contributed by atoms with Crippen LogP contribution in [0.3, 0.4) is 0 Å². The Morgan fingerprint density at radius 3 is 2.12 bits per heavy atom. The van der Waals surface area contributed by atoms with Crippen LogP contribution in [0.5, 0.6) is 0 Å². The van der Waals surface area contributed by atoms with Crippen LogP contribution in [0.15, 0.2) is 95.9 Å². The van der Waals surface area contributed by atoms with Crippen molar-refractivity contribution >= 4 is 62.3 Å². The lowest BCUT2D eigenvalue weighted by atomic mass is 10.0. The van der Waals surface area contributed by atoms with Crippen LogP contribution in [0.4, 0.5) is 5.69 Å². The van der Waals surface area contributed by atoms with E-state index >= 15 is 0 Å². The van der Waals surface area contributed by atoms with Gasteiger partial charge in [0.1, 0.15) is 12.6 Å². The highest BCUT2D eigenvalue weighted by atomic mass is 35.5. The van der Waals surface area contributed by atoms with Gasteiger partial charge in [0.2, 0.25) is 11.8 Å². The highest BCUT2D eigenvalue weighted by Gasteiger charge is 2.36. The number of aryl methyl sites for hydroxylation is 2. The number of anilines is 1. The third-order valence-corrected chi connectivity index (χ3v) is 11.4. The van der Waals surface area contributed by atoms with Gasteiger partial charge < -0.3 is 10.2 Å². The fourth-order valence-electron chi connectivity index (χ4n) is 6.02. The van der Waals surface area contributed by atoms with E-state index in [0.29, 0.717) is 31.9 Å². The molecule has 2 amide bonds. The molecule has 4 aromatic carbocycles. The number of hydrogen-bond acceptors (Lipinski definition) is 4. The standard InChI is InChI=1S/C37H38Cl3N3O4S/c1-25-15-18-30(19-16-25)48(46,47)43(34-20-17-28(38)21-26(34)2)24-36(44)42(23-31-32(39)13-8-14-33(31)40)35(22-27-9-4-3-5-10-27)37(45)41-29-11-6-7-12-29/h3-5,8-10,13-21,29,35H,6-7,11-12,22-24H2,1-2H3,(H,41,45)/t35-/m0/s1. The Labute approximate surface area is 297 Å². The molecule has 5 rings (SSSR count). The van der Waals surface area contributed by atoms with Gasteiger partial charge in [-0.15, -0.1) is 0 Å². The van der Waals surface area contributed by atoms with Crippen LogP contribution in [0, 0.1) is 13.8 Å². The Hall–Kier alpha value is -3.56. The summed E-state index contributed by atoms with van der Waals surface area (Å²) in [5.41, 5.74) is 3.03. The number of nitrogens with zero attached hydrogens (tertiary/aromatic N) is 2. The van der Waals surface area contributed by atoms with Gasteiger partial charge in [0.05, 0.1) is 10.6 Å². The Kier molecular flexibility index (Phi) is 11.7. The molecule has 0 bridgehead atoms. The summed E-state index contributed by atoms with van der Waals surface area (Å²) in [6.45, 7) is 2.88. The molecule has 1 fully saturated rings. The summed E-state index contributed by atoms with van der Waals surface area (Å²) < 4.78 is 29.7. The number of halogens is 3. The molecule has 0 spiro atoms. The van der Waals surface area contributed by atoms with E-state index in [1.54, 1.807) is 55.5 Å². The number of sulfonamides is 1. The van der Waals surface area contributed by atoms with Gasteiger partial charge in [0.15, 0.2) is 0 Å². The number of hydrogen-bond donors (Lipinski definition) is 1.